The Morgan fingerprint density at radius 3 is 2.83 bits per heavy atom. The van der Waals surface area contributed by atoms with Crippen molar-refractivity contribution in [3.63, 3.8) is 0 Å². The summed E-state index contributed by atoms with van der Waals surface area (Å²) in [5.41, 5.74) is 3.54. The molecule has 60 valence electrons. The number of para-hydroxylation sites is 1. The number of fused-ring (bicyclic) bond motifs is 1. The number of hydrogen-bond acceptors (Lipinski definition) is 1. The molecular weight excluding hydrogens is 174 g/mol. The van der Waals surface area contributed by atoms with Crippen LogP contribution in [0.25, 0.3) is 5.57 Å². The predicted molar refractivity (Wildman–Crippen MR) is 48.9 cm³/mol. The number of nitrogens with one attached hydrogen (secondary N) is 1. The second-order valence-electron chi connectivity index (χ2n) is 2.52. The first kappa shape index (κ1) is 7.37. The van der Waals surface area contributed by atoms with E-state index in [9.17, 15) is 4.79 Å². The molecule has 1 heterocycles. The largest absolute Gasteiger partial charge is 0.321 e. The van der Waals surface area contributed by atoms with E-state index < -0.39 is 0 Å². The van der Waals surface area contributed by atoms with E-state index in [0.29, 0.717) is 5.57 Å². The maximum Gasteiger partial charge on any atom is 0.257 e. The van der Waals surface area contributed by atoms with Gasteiger partial charge < -0.3 is 5.32 Å². The molecule has 0 aliphatic carbocycles. The van der Waals surface area contributed by atoms with Crippen molar-refractivity contribution < 1.29 is 4.79 Å². The summed E-state index contributed by atoms with van der Waals surface area (Å²) in [5, 5.41) is 2.71. The average molecular weight is 180 g/mol. The van der Waals surface area contributed by atoms with Crippen LogP contribution in [0.5, 0.6) is 0 Å². The van der Waals surface area contributed by atoms with Gasteiger partial charge in [0.05, 0.1) is 5.57 Å². The van der Waals surface area contributed by atoms with Crippen molar-refractivity contribution in [2.75, 3.05) is 5.32 Å². The summed E-state index contributed by atoms with van der Waals surface area (Å²) in [6.45, 7) is 0. The van der Waals surface area contributed by atoms with Gasteiger partial charge in [-0.05, 0) is 6.07 Å². The lowest BCUT2D eigenvalue weighted by Gasteiger charge is -1.93. The Bertz CT molecular complexity index is 371. The molecule has 1 N–H and O–H groups in total. The number of hydrogen-bond donors (Lipinski definition) is 1. The SMILES string of the molecule is O=C1Nc2ccccc2/C1=C/Cl. The quantitative estimate of drug-likeness (QED) is 0.608. The minimum atomic E-state index is -0.133. The lowest BCUT2D eigenvalue weighted by atomic mass is 10.1. The normalized spacial score (nSPS) is 17.8. The fourth-order valence-electron chi connectivity index (χ4n) is 1.25. The van der Waals surface area contributed by atoms with Gasteiger partial charge in [0.2, 0.25) is 0 Å². The van der Waals surface area contributed by atoms with Crippen molar-refractivity contribution >= 4 is 28.8 Å². The summed E-state index contributed by atoms with van der Waals surface area (Å²) in [6, 6.07) is 7.46. The number of amides is 1. The average Bonchev–Trinajstić information content (AvgIpc) is 2.40. The number of rotatable bonds is 0. The van der Waals surface area contributed by atoms with Gasteiger partial charge in [0.1, 0.15) is 0 Å². The summed E-state index contributed by atoms with van der Waals surface area (Å²) >= 11 is 5.51. The van der Waals surface area contributed by atoms with Crippen molar-refractivity contribution in [2.24, 2.45) is 0 Å². The minimum Gasteiger partial charge on any atom is -0.321 e. The molecule has 1 amide bonds. The third-order valence-electron chi connectivity index (χ3n) is 1.82. The van der Waals surface area contributed by atoms with Gasteiger partial charge in [-0.2, -0.15) is 0 Å². The first-order chi connectivity index (χ1) is 5.83. The summed E-state index contributed by atoms with van der Waals surface area (Å²) in [6.07, 6.45) is 0. The summed E-state index contributed by atoms with van der Waals surface area (Å²) in [5.74, 6) is -0.133. The first-order valence-corrected chi connectivity index (χ1v) is 3.97. The van der Waals surface area contributed by atoms with Gasteiger partial charge in [0.15, 0.2) is 0 Å². The van der Waals surface area contributed by atoms with E-state index in [4.69, 9.17) is 11.6 Å². The molecule has 1 aliphatic rings. The number of anilines is 1. The smallest absolute Gasteiger partial charge is 0.257 e. The third kappa shape index (κ3) is 0.924. The number of carbonyl (C=O) groups excluding carboxylic acids is 1. The third-order valence-corrected chi connectivity index (χ3v) is 2.04. The minimum absolute atomic E-state index is 0.133. The second kappa shape index (κ2) is 2.64. The van der Waals surface area contributed by atoms with Gasteiger partial charge in [-0.25, -0.2) is 0 Å². The zero-order chi connectivity index (χ0) is 8.55. The van der Waals surface area contributed by atoms with Gasteiger partial charge in [0.25, 0.3) is 5.91 Å². The highest BCUT2D eigenvalue weighted by atomic mass is 35.5. The Morgan fingerprint density at radius 2 is 2.08 bits per heavy atom. The molecule has 2 nitrogen and oxygen atoms in total. The second-order valence-corrected chi connectivity index (χ2v) is 2.74. The van der Waals surface area contributed by atoms with E-state index in [1.165, 1.54) is 5.54 Å². The molecule has 1 aliphatic heterocycles. The van der Waals surface area contributed by atoms with Gasteiger partial charge >= 0.3 is 0 Å². The highest BCUT2D eigenvalue weighted by molar-refractivity contribution is 6.40. The molecule has 0 aromatic heterocycles. The van der Waals surface area contributed by atoms with E-state index >= 15 is 0 Å². The van der Waals surface area contributed by atoms with Crippen LogP contribution in [0.4, 0.5) is 5.69 Å². The highest BCUT2D eigenvalue weighted by Gasteiger charge is 2.22. The van der Waals surface area contributed by atoms with E-state index in [2.05, 4.69) is 5.32 Å². The molecule has 0 spiro atoms. The van der Waals surface area contributed by atoms with E-state index in [1.54, 1.807) is 0 Å². The Labute approximate surface area is 74.8 Å². The lowest BCUT2D eigenvalue weighted by molar-refractivity contribution is -0.110. The molecule has 1 aromatic rings. The summed E-state index contributed by atoms with van der Waals surface area (Å²) in [7, 11) is 0. The Kier molecular flexibility index (Phi) is 1.62. The maximum absolute atomic E-state index is 11.2. The fourth-order valence-corrected chi connectivity index (χ4v) is 1.46. The van der Waals surface area contributed by atoms with E-state index in [0.717, 1.165) is 11.3 Å². The zero-order valence-electron chi connectivity index (χ0n) is 6.17. The molecule has 0 saturated carbocycles. The van der Waals surface area contributed by atoms with Crippen LogP contribution in [-0.4, -0.2) is 5.91 Å². The van der Waals surface area contributed by atoms with Crippen molar-refractivity contribution in [1.29, 1.82) is 0 Å². The van der Waals surface area contributed by atoms with Crippen LogP contribution in [0.3, 0.4) is 0 Å². The predicted octanol–water partition coefficient (Wildman–Crippen LogP) is 2.22. The lowest BCUT2D eigenvalue weighted by Crippen LogP contribution is -2.02. The molecule has 2 rings (SSSR count). The van der Waals surface area contributed by atoms with Crippen LogP contribution in [0.2, 0.25) is 0 Å². The monoisotopic (exact) mass is 179 g/mol. The zero-order valence-corrected chi connectivity index (χ0v) is 6.93. The standard InChI is InChI=1S/C9H6ClNO/c10-5-7-6-3-1-2-4-8(6)11-9(7)12/h1-5H,(H,11,12)/b7-5-. The fraction of sp³-hybridized carbons (Fsp3) is 0. The van der Waals surface area contributed by atoms with Gasteiger partial charge in [-0.15, -0.1) is 0 Å². The molecule has 3 heteroatoms. The molecule has 0 radical (unpaired) electrons. The number of carbonyl (C=O) groups is 1. The van der Waals surface area contributed by atoms with Crippen LogP contribution in [-0.2, 0) is 4.79 Å². The van der Waals surface area contributed by atoms with Gasteiger partial charge in [0, 0.05) is 16.8 Å². The molecule has 1 aromatic carbocycles. The van der Waals surface area contributed by atoms with Crippen LogP contribution >= 0.6 is 11.6 Å². The topological polar surface area (TPSA) is 29.1 Å². The van der Waals surface area contributed by atoms with E-state index in [-0.39, 0.29) is 5.91 Å². The maximum atomic E-state index is 11.2. The molecule has 0 fully saturated rings. The van der Waals surface area contributed by atoms with E-state index in [1.807, 2.05) is 24.3 Å². The Hall–Kier alpha value is -1.28. The molecular formula is C9H6ClNO. The van der Waals surface area contributed by atoms with Crippen molar-refractivity contribution in [3.8, 4) is 0 Å². The first-order valence-electron chi connectivity index (χ1n) is 3.54. The van der Waals surface area contributed by atoms with Crippen molar-refractivity contribution in [2.45, 2.75) is 0 Å². The Morgan fingerprint density at radius 1 is 1.33 bits per heavy atom. The highest BCUT2D eigenvalue weighted by Crippen LogP contribution is 2.31. The van der Waals surface area contributed by atoms with Gasteiger partial charge in [-0.1, -0.05) is 29.8 Å². The molecule has 0 unspecified atom stereocenters. The molecule has 0 bridgehead atoms. The van der Waals surface area contributed by atoms with Crippen LogP contribution in [0.1, 0.15) is 5.56 Å². The summed E-state index contributed by atoms with van der Waals surface area (Å²) in [4.78, 5) is 11.2. The van der Waals surface area contributed by atoms with Crippen molar-refractivity contribution in [3.05, 3.63) is 35.4 Å². The molecule has 0 saturated heterocycles. The number of benzene rings is 1. The summed E-state index contributed by atoms with van der Waals surface area (Å²) < 4.78 is 0. The Balaban J connectivity index is 2.62. The van der Waals surface area contributed by atoms with Crippen LogP contribution in [0.15, 0.2) is 29.8 Å². The molecule has 12 heavy (non-hydrogen) atoms. The molecule has 0 atom stereocenters. The van der Waals surface area contributed by atoms with Crippen LogP contribution in [0, 0.1) is 0 Å². The van der Waals surface area contributed by atoms with Crippen LogP contribution < -0.4 is 5.32 Å². The number of halogens is 1. The van der Waals surface area contributed by atoms with Gasteiger partial charge in [-0.3, -0.25) is 4.79 Å². The van der Waals surface area contributed by atoms with Crippen molar-refractivity contribution in [1.82, 2.24) is 0 Å².